The average Bonchev–Trinajstić information content (AvgIpc) is 2.50. The molecule has 1 rings (SSSR count). The van der Waals surface area contributed by atoms with Crippen molar-refractivity contribution in [1.82, 2.24) is 4.90 Å². The summed E-state index contributed by atoms with van der Waals surface area (Å²) in [5.74, 6) is -0.106. The number of carbonyl (C=O) groups excluding carboxylic acids is 1. The Morgan fingerprint density at radius 1 is 1.57 bits per heavy atom. The maximum Gasteiger partial charge on any atom is 0.239 e. The lowest BCUT2D eigenvalue weighted by Crippen LogP contribution is -2.47. The highest BCUT2D eigenvalue weighted by atomic mass is 16.3. The van der Waals surface area contributed by atoms with Crippen LogP contribution in [0.1, 0.15) is 32.6 Å². The van der Waals surface area contributed by atoms with Crippen LogP contribution in [0.25, 0.3) is 0 Å². The Morgan fingerprint density at radius 2 is 2.07 bits per heavy atom. The van der Waals surface area contributed by atoms with E-state index in [2.05, 4.69) is 0 Å². The Hall–Kier alpha value is -0.610. The molecule has 1 amide bonds. The van der Waals surface area contributed by atoms with E-state index in [-0.39, 0.29) is 5.91 Å². The summed E-state index contributed by atoms with van der Waals surface area (Å²) < 4.78 is 0. The number of amides is 1. The molecule has 0 bridgehead atoms. The standard InChI is InChI=1S/C10H20N2O2/c1-8(11)9(13)12(2)7-10(14)5-3-4-6-10/h8,14H,3-7,11H2,1-2H3/t8-/m0/s1. The quantitative estimate of drug-likeness (QED) is 0.679. The van der Waals surface area contributed by atoms with E-state index in [0.717, 1.165) is 25.7 Å². The molecule has 82 valence electrons. The van der Waals surface area contributed by atoms with Gasteiger partial charge in [0, 0.05) is 13.6 Å². The maximum absolute atomic E-state index is 11.5. The molecule has 1 atom stereocenters. The van der Waals surface area contributed by atoms with E-state index in [1.54, 1.807) is 14.0 Å². The van der Waals surface area contributed by atoms with Gasteiger partial charge >= 0.3 is 0 Å². The average molecular weight is 200 g/mol. The van der Waals surface area contributed by atoms with Crippen LogP contribution in [0.2, 0.25) is 0 Å². The number of aliphatic hydroxyl groups is 1. The van der Waals surface area contributed by atoms with Crippen LogP contribution in [-0.2, 0) is 4.79 Å². The zero-order valence-electron chi connectivity index (χ0n) is 8.99. The monoisotopic (exact) mass is 200 g/mol. The van der Waals surface area contributed by atoms with Gasteiger partial charge in [-0.25, -0.2) is 0 Å². The molecular formula is C10H20N2O2. The molecule has 14 heavy (non-hydrogen) atoms. The van der Waals surface area contributed by atoms with Gasteiger partial charge < -0.3 is 15.7 Å². The fourth-order valence-corrected chi connectivity index (χ4v) is 2.06. The van der Waals surface area contributed by atoms with Crippen molar-refractivity contribution in [3.63, 3.8) is 0 Å². The van der Waals surface area contributed by atoms with Crippen LogP contribution in [0.5, 0.6) is 0 Å². The number of rotatable bonds is 3. The van der Waals surface area contributed by atoms with E-state index in [9.17, 15) is 9.90 Å². The highest BCUT2D eigenvalue weighted by molar-refractivity contribution is 5.80. The van der Waals surface area contributed by atoms with Crippen LogP contribution in [0.3, 0.4) is 0 Å². The van der Waals surface area contributed by atoms with E-state index in [1.165, 1.54) is 4.90 Å². The second-order valence-corrected chi connectivity index (χ2v) is 4.41. The van der Waals surface area contributed by atoms with Gasteiger partial charge in [-0.15, -0.1) is 0 Å². The topological polar surface area (TPSA) is 66.6 Å². The summed E-state index contributed by atoms with van der Waals surface area (Å²) in [6, 6.07) is -0.481. The lowest BCUT2D eigenvalue weighted by atomic mass is 10.0. The van der Waals surface area contributed by atoms with Crippen molar-refractivity contribution in [2.24, 2.45) is 5.73 Å². The zero-order chi connectivity index (χ0) is 10.8. The van der Waals surface area contributed by atoms with Crippen molar-refractivity contribution in [1.29, 1.82) is 0 Å². The third-order valence-electron chi connectivity index (χ3n) is 2.83. The first kappa shape index (κ1) is 11.5. The molecule has 3 N–H and O–H groups in total. The summed E-state index contributed by atoms with van der Waals surface area (Å²) in [6.07, 6.45) is 3.70. The van der Waals surface area contributed by atoms with E-state index >= 15 is 0 Å². The first-order valence-electron chi connectivity index (χ1n) is 5.17. The van der Waals surface area contributed by atoms with Gasteiger partial charge in [0.25, 0.3) is 0 Å². The summed E-state index contributed by atoms with van der Waals surface area (Å²) in [5, 5.41) is 10.1. The molecule has 1 aliphatic carbocycles. The molecule has 0 aromatic rings. The smallest absolute Gasteiger partial charge is 0.239 e. The fraction of sp³-hybridized carbons (Fsp3) is 0.900. The largest absolute Gasteiger partial charge is 0.388 e. The Balaban J connectivity index is 2.47. The van der Waals surface area contributed by atoms with E-state index in [1.807, 2.05) is 0 Å². The lowest BCUT2D eigenvalue weighted by molar-refractivity contribution is -0.134. The summed E-state index contributed by atoms with van der Waals surface area (Å²) in [5.41, 5.74) is 4.81. The Labute approximate surface area is 85.1 Å². The molecule has 0 aliphatic heterocycles. The molecule has 4 nitrogen and oxygen atoms in total. The number of nitrogens with two attached hydrogens (primary N) is 1. The summed E-state index contributed by atoms with van der Waals surface area (Å²) in [6.45, 7) is 2.07. The van der Waals surface area contributed by atoms with Crippen molar-refractivity contribution in [3.05, 3.63) is 0 Å². The minimum Gasteiger partial charge on any atom is -0.388 e. The highest BCUT2D eigenvalue weighted by Gasteiger charge is 2.33. The number of likely N-dealkylation sites (N-methyl/N-ethyl adjacent to an activating group) is 1. The van der Waals surface area contributed by atoms with E-state index in [0.29, 0.717) is 6.54 Å². The van der Waals surface area contributed by atoms with Crippen molar-refractivity contribution in [2.45, 2.75) is 44.2 Å². The van der Waals surface area contributed by atoms with E-state index in [4.69, 9.17) is 5.73 Å². The van der Waals surface area contributed by atoms with Crippen molar-refractivity contribution < 1.29 is 9.90 Å². The SMILES string of the molecule is C[C@H](N)C(=O)N(C)CC1(O)CCCC1. The molecular weight excluding hydrogens is 180 g/mol. The van der Waals surface area contributed by atoms with Gasteiger partial charge in [-0.05, 0) is 19.8 Å². The zero-order valence-corrected chi connectivity index (χ0v) is 8.99. The summed E-state index contributed by atoms with van der Waals surface area (Å²) in [7, 11) is 1.70. The maximum atomic E-state index is 11.5. The van der Waals surface area contributed by atoms with Gasteiger partial charge in [0.15, 0.2) is 0 Å². The Kier molecular flexibility index (Phi) is 3.50. The molecule has 0 unspecified atom stereocenters. The number of carbonyl (C=O) groups is 1. The molecule has 1 fully saturated rings. The molecule has 0 aromatic carbocycles. The number of hydrogen-bond donors (Lipinski definition) is 2. The molecule has 0 spiro atoms. The van der Waals surface area contributed by atoms with Crippen LogP contribution >= 0.6 is 0 Å². The van der Waals surface area contributed by atoms with Gasteiger partial charge in [0.1, 0.15) is 0 Å². The van der Waals surface area contributed by atoms with Crippen LogP contribution in [0, 0.1) is 0 Å². The van der Waals surface area contributed by atoms with Crippen molar-refractivity contribution >= 4 is 5.91 Å². The molecule has 1 aliphatic rings. The minimum atomic E-state index is -0.667. The number of hydrogen-bond acceptors (Lipinski definition) is 3. The molecule has 1 saturated carbocycles. The molecule has 0 heterocycles. The van der Waals surface area contributed by atoms with Crippen LogP contribution < -0.4 is 5.73 Å². The van der Waals surface area contributed by atoms with Crippen LogP contribution in [0.4, 0.5) is 0 Å². The van der Waals surface area contributed by atoms with Gasteiger partial charge in [-0.1, -0.05) is 12.8 Å². The molecule has 4 heteroatoms. The van der Waals surface area contributed by atoms with E-state index < -0.39 is 11.6 Å². The van der Waals surface area contributed by atoms with Gasteiger partial charge in [-0.3, -0.25) is 4.79 Å². The van der Waals surface area contributed by atoms with Crippen LogP contribution in [-0.4, -0.2) is 41.1 Å². The third kappa shape index (κ3) is 2.69. The minimum absolute atomic E-state index is 0.106. The Bertz CT molecular complexity index is 210. The van der Waals surface area contributed by atoms with Crippen molar-refractivity contribution in [3.8, 4) is 0 Å². The second kappa shape index (κ2) is 4.28. The fourth-order valence-electron chi connectivity index (χ4n) is 2.06. The van der Waals surface area contributed by atoms with Gasteiger partial charge in [0.05, 0.1) is 11.6 Å². The third-order valence-corrected chi connectivity index (χ3v) is 2.83. The predicted molar refractivity (Wildman–Crippen MR) is 54.7 cm³/mol. The normalized spacial score (nSPS) is 22.0. The van der Waals surface area contributed by atoms with Crippen molar-refractivity contribution in [2.75, 3.05) is 13.6 Å². The molecule has 0 radical (unpaired) electrons. The van der Waals surface area contributed by atoms with Gasteiger partial charge in [-0.2, -0.15) is 0 Å². The second-order valence-electron chi connectivity index (χ2n) is 4.41. The first-order chi connectivity index (χ1) is 6.44. The first-order valence-corrected chi connectivity index (χ1v) is 5.17. The molecule has 0 saturated heterocycles. The Morgan fingerprint density at radius 3 is 2.50 bits per heavy atom. The summed E-state index contributed by atoms with van der Waals surface area (Å²) in [4.78, 5) is 13.0. The number of nitrogens with zero attached hydrogens (tertiary/aromatic N) is 1. The van der Waals surface area contributed by atoms with Gasteiger partial charge in [0.2, 0.25) is 5.91 Å². The highest BCUT2D eigenvalue weighted by Crippen LogP contribution is 2.29. The lowest BCUT2D eigenvalue weighted by Gasteiger charge is -2.29. The molecule has 0 aromatic heterocycles. The summed E-state index contributed by atoms with van der Waals surface area (Å²) >= 11 is 0. The van der Waals surface area contributed by atoms with Crippen LogP contribution in [0.15, 0.2) is 0 Å². The predicted octanol–water partition coefficient (Wildman–Crippen LogP) is 0.0971.